The van der Waals surface area contributed by atoms with Gasteiger partial charge in [-0.2, -0.15) is 0 Å². The molecule has 0 aromatic heterocycles. The average Bonchev–Trinajstić information content (AvgIpc) is 2.03. The van der Waals surface area contributed by atoms with Crippen molar-refractivity contribution in [2.75, 3.05) is 0 Å². The Morgan fingerprint density at radius 1 is 1.27 bits per heavy atom. The first-order valence-electron chi connectivity index (χ1n) is 4.84. The van der Waals surface area contributed by atoms with E-state index in [0.717, 1.165) is 5.92 Å². The second kappa shape index (κ2) is 6.45. The second-order valence-electron chi connectivity index (χ2n) is 3.57. The molecule has 0 bridgehead atoms. The van der Waals surface area contributed by atoms with Crippen molar-refractivity contribution >= 4 is 0 Å². The van der Waals surface area contributed by atoms with Gasteiger partial charge in [-0.1, -0.05) is 52.5 Å². The van der Waals surface area contributed by atoms with Gasteiger partial charge in [0.2, 0.25) is 0 Å². The van der Waals surface area contributed by atoms with Gasteiger partial charge >= 0.3 is 0 Å². The zero-order valence-electron chi connectivity index (χ0n) is 8.27. The fourth-order valence-electron chi connectivity index (χ4n) is 1.21. The summed E-state index contributed by atoms with van der Waals surface area (Å²) in [6, 6.07) is 0. The van der Waals surface area contributed by atoms with Crippen LogP contribution in [0.1, 0.15) is 46.5 Å². The van der Waals surface area contributed by atoms with Crippen molar-refractivity contribution in [2.45, 2.75) is 46.5 Å². The lowest BCUT2D eigenvalue weighted by atomic mass is 9.91. The molecule has 0 aliphatic rings. The van der Waals surface area contributed by atoms with Gasteiger partial charge in [0.1, 0.15) is 0 Å². The minimum Gasteiger partial charge on any atom is -0.103 e. The lowest BCUT2D eigenvalue weighted by Gasteiger charge is -2.15. The summed E-state index contributed by atoms with van der Waals surface area (Å²) >= 11 is 0. The zero-order chi connectivity index (χ0) is 8.69. The third-order valence-electron chi connectivity index (χ3n) is 2.53. The van der Waals surface area contributed by atoms with Gasteiger partial charge in [0.15, 0.2) is 0 Å². The molecule has 0 heterocycles. The summed E-state index contributed by atoms with van der Waals surface area (Å²) in [5.41, 5.74) is 0. The van der Waals surface area contributed by atoms with E-state index in [1.54, 1.807) is 0 Å². The Labute approximate surface area is 71.7 Å². The fourth-order valence-corrected chi connectivity index (χ4v) is 1.21. The molecular weight excluding hydrogens is 132 g/mol. The van der Waals surface area contributed by atoms with E-state index in [9.17, 15) is 0 Å². The normalized spacial score (nSPS) is 15.9. The Morgan fingerprint density at radius 3 is 2.36 bits per heavy atom. The monoisotopic (exact) mass is 154 g/mol. The molecule has 0 unspecified atom stereocenters. The minimum atomic E-state index is 0.687. The Kier molecular flexibility index (Phi) is 6.30. The van der Waals surface area contributed by atoms with Crippen molar-refractivity contribution in [1.29, 1.82) is 0 Å². The summed E-state index contributed by atoms with van der Waals surface area (Å²) in [5.74, 6) is 1.51. The number of unbranched alkanes of at least 4 members (excludes halogenated alkanes) is 2. The molecule has 2 atom stereocenters. The van der Waals surface area contributed by atoms with E-state index in [4.69, 9.17) is 0 Å². The molecule has 0 nitrogen and oxygen atoms in total. The molecule has 0 saturated heterocycles. The molecule has 66 valence electrons. The van der Waals surface area contributed by atoms with Crippen LogP contribution < -0.4 is 0 Å². The van der Waals surface area contributed by atoms with Crippen LogP contribution in [0.25, 0.3) is 0 Å². The summed E-state index contributed by atoms with van der Waals surface area (Å²) < 4.78 is 0. The zero-order valence-corrected chi connectivity index (χ0v) is 8.27. The molecular formula is C11H22. The molecule has 0 rings (SSSR count). The van der Waals surface area contributed by atoms with Gasteiger partial charge in [-0.3, -0.25) is 0 Å². The molecule has 0 saturated carbocycles. The first kappa shape index (κ1) is 10.7. The summed E-state index contributed by atoms with van der Waals surface area (Å²) in [4.78, 5) is 0. The van der Waals surface area contributed by atoms with Gasteiger partial charge in [-0.15, -0.1) is 6.58 Å². The minimum absolute atomic E-state index is 0.687. The summed E-state index contributed by atoms with van der Waals surface area (Å²) in [6.45, 7) is 10.6. The first-order valence-corrected chi connectivity index (χ1v) is 4.84. The van der Waals surface area contributed by atoms with E-state index in [1.165, 1.54) is 25.7 Å². The predicted molar refractivity (Wildman–Crippen MR) is 52.7 cm³/mol. The van der Waals surface area contributed by atoms with Crippen molar-refractivity contribution in [3.05, 3.63) is 12.7 Å². The van der Waals surface area contributed by atoms with Crippen LogP contribution >= 0.6 is 0 Å². The summed E-state index contributed by atoms with van der Waals surface area (Å²) in [7, 11) is 0. The number of rotatable bonds is 6. The highest BCUT2D eigenvalue weighted by molar-refractivity contribution is 4.78. The maximum absolute atomic E-state index is 3.81. The Hall–Kier alpha value is -0.260. The predicted octanol–water partition coefficient (Wildman–Crippen LogP) is 4.02. The topological polar surface area (TPSA) is 0 Å². The summed E-state index contributed by atoms with van der Waals surface area (Å²) in [5, 5.41) is 0. The van der Waals surface area contributed by atoms with E-state index in [-0.39, 0.29) is 0 Å². The van der Waals surface area contributed by atoms with Gasteiger partial charge in [0.25, 0.3) is 0 Å². The summed E-state index contributed by atoms with van der Waals surface area (Å²) in [6.07, 6.45) is 7.52. The van der Waals surface area contributed by atoms with Crippen LogP contribution in [0, 0.1) is 11.8 Å². The number of hydrogen-bond donors (Lipinski definition) is 0. The molecule has 0 N–H and O–H groups in total. The van der Waals surface area contributed by atoms with E-state index in [2.05, 4.69) is 33.4 Å². The third-order valence-corrected chi connectivity index (χ3v) is 2.53. The maximum atomic E-state index is 3.81. The van der Waals surface area contributed by atoms with Gasteiger partial charge < -0.3 is 0 Å². The van der Waals surface area contributed by atoms with E-state index >= 15 is 0 Å². The van der Waals surface area contributed by atoms with Crippen LogP contribution in [0.2, 0.25) is 0 Å². The van der Waals surface area contributed by atoms with Crippen molar-refractivity contribution in [1.82, 2.24) is 0 Å². The Bertz CT molecular complexity index is 94.2. The molecule has 0 fully saturated rings. The van der Waals surface area contributed by atoms with E-state index < -0.39 is 0 Å². The number of hydrogen-bond acceptors (Lipinski definition) is 0. The number of allylic oxidation sites excluding steroid dienone is 1. The van der Waals surface area contributed by atoms with E-state index in [1.807, 2.05) is 0 Å². The van der Waals surface area contributed by atoms with Gasteiger partial charge in [0, 0.05) is 0 Å². The van der Waals surface area contributed by atoms with Crippen LogP contribution in [0.3, 0.4) is 0 Å². The average molecular weight is 154 g/mol. The molecule has 11 heavy (non-hydrogen) atoms. The Balaban J connectivity index is 3.35. The van der Waals surface area contributed by atoms with Crippen molar-refractivity contribution in [3.63, 3.8) is 0 Å². The highest BCUT2D eigenvalue weighted by Crippen LogP contribution is 2.18. The quantitative estimate of drug-likeness (QED) is 0.400. The molecule has 0 radical (unpaired) electrons. The van der Waals surface area contributed by atoms with Crippen molar-refractivity contribution in [3.8, 4) is 0 Å². The van der Waals surface area contributed by atoms with Gasteiger partial charge in [-0.25, -0.2) is 0 Å². The highest BCUT2D eigenvalue weighted by Gasteiger charge is 2.06. The van der Waals surface area contributed by atoms with Crippen molar-refractivity contribution in [2.24, 2.45) is 11.8 Å². The molecule has 0 heteroatoms. The highest BCUT2D eigenvalue weighted by atomic mass is 14.1. The van der Waals surface area contributed by atoms with Crippen LogP contribution in [-0.4, -0.2) is 0 Å². The van der Waals surface area contributed by atoms with Crippen LogP contribution in [0.5, 0.6) is 0 Å². The molecule has 0 amide bonds. The Morgan fingerprint density at radius 2 is 1.91 bits per heavy atom. The van der Waals surface area contributed by atoms with Crippen molar-refractivity contribution < 1.29 is 0 Å². The molecule has 0 aliphatic carbocycles. The van der Waals surface area contributed by atoms with E-state index in [0.29, 0.717) is 5.92 Å². The lowest BCUT2D eigenvalue weighted by molar-refractivity contribution is 0.409. The van der Waals surface area contributed by atoms with Crippen LogP contribution in [0.15, 0.2) is 12.7 Å². The molecule has 0 aromatic rings. The first-order chi connectivity index (χ1) is 5.22. The molecule has 0 aliphatic heterocycles. The second-order valence-corrected chi connectivity index (χ2v) is 3.57. The largest absolute Gasteiger partial charge is 0.103 e. The third kappa shape index (κ3) is 5.06. The van der Waals surface area contributed by atoms with Crippen LogP contribution in [0.4, 0.5) is 0 Å². The standard InChI is InChI=1S/C11H22/c1-5-7-8-9-11(4)10(3)6-2/h6,10-11H,2,5,7-9H2,1,3-4H3/t10-,11-/m1/s1. The molecule has 0 spiro atoms. The smallest absolute Gasteiger partial charge is 0.0239 e. The van der Waals surface area contributed by atoms with Crippen LogP contribution in [-0.2, 0) is 0 Å². The lowest BCUT2D eigenvalue weighted by Crippen LogP contribution is -2.04. The maximum Gasteiger partial charge on any atom is -0.0239 e. The molecule has 0 aromatic carbocycles. The SMILES string of the molecule is C=C[C@@H](C)[C@H](C)CCCCC. The fraction of sp³-hybridized carbons (Fsp3) is 0.818. The van der Waals surface area contributed by atoms with Gasteiger partial charge in [-0.05, 0) is 11.8 Å². The van der Waals surface area contributed by atoms with Gasteiger partial charge in [0.05, 0.1) is 0 Å².